The molecule has 3 unspecified atom stereocenters. The van der Waals surface area contributed by atoms with Gasteiger partial charge in [-0.25, -0.2) is 8.78 Å². The van der Waals surface area contributed by atoms with Gasteiger partial charge >= 0.3 is 46.8 Å². The molecule has 0 N–H and O–H groups in total. The Bertz CT molecular complexity index is 307. The summed E-state index contributed by atoms with van der Waals surface area (Å²) in [5.41, 5.74) is 0. The summed E-state index contributed by atoms with van der Waals surface area (Å²) in [4.78, 5) is 0. The predicted molar refractivity (Wildman–Crippen MR) is 39.3 cm³/mol. The van der Waals surface area contributed by atoms with Crippen molar-refractivity contribution in [2.45, 2.75) is 21.7 Å². The van der Waals surface area contributed by atoms with Crippen molar-refractivity contribution in [3.05, 3.63) is 0 Å². The van der Waals surface area contributed by atoms with E-state index in [1.165, 1.54) is 0 Å². The summed E-state index contributed by atoms with van der Waals surface area (Å²) in [7, 11) is 0. The van der Waals surface area contributed by atoms with E-state index < -0.39 is 32.8 Å². The number of halogens is 9. The van der Waals surface area contributed by atoms with Crippen LogP contribution in [-0.4, -0.2) is 30.4 Å². The molecule has 17 heavy (non-hydrogen) atoms. The largest absolute Gasteiger partial charge is 1.00 e. The van der Waals surface area contributed by atoms with Gasteiger partial charge in [0.2, 0.25) is 0 Å². The van der Waals surface area contributed by atoms with E-state index in [0.29, 0.717) is 0 Å². The Kier molecular flexibility index (Phi) is 6.85. The molecule has 0 saturated carbocycles. The van der Waals surface area contributed by atoms with Crippen molar-refractivity contribution in [2.75, 3.05) is 0 Å². The van der Waals surface area contributed by atoms with Crippen molar-refractivity contribution < 1.29 is 69.1 Å². The van der Waals surface area contributed by atoms with Gasteiger partial charge in [-0.05, 0) is 0 Å². The molecule has 0 fully saturated rings. The zero-order chi connectivity index (χ0) is 13.6. The standard InChI is InChI=1S/C4HCl2F7O2S.Na/c5-1(7,3(6,10)16(14)15)2(8,9)4(11,12)13;/h(H,14,15);/q;+1/p-1. The van der Waals surface area contributed by atoms with Crippen LogP contribution >= 0.6 is 23.2 Å². The van der Waals surface area contributed by atoms with Crippen LogP contribution in [0.3, 0.4) is 0 Å². The third kappa shape index (κ3) is 3.40. The summed E-state index contributed by atoms with van der Waals surface area (Å²) < 4.78 is 99.7. The van der Waals surface area contributed by atoms with Crippen LogP contribution in [0, 0.1) is 0 Å². The summed E-state index contributed by atoms with van der Waals surface area (Å²) in [5.74, 6) is -6.50. The van der Waals surface area contributed by atoms with Crippen LogP contribution in [0.15, 0.2) is 0 Å². The zero-order valence-electron chi connectivity index (χ0n) is 7.63. The molecule has 0 heterocycles. The molecule has 0 aromatic rings. The van der Waals surface area contributed by atoms with E-state index in [0.717, 1.165) is 0 Å². The van der Waals surface area contributed by atoms with Gasteiger partial charge in [0.25, 0.3) is 4.46 Å². The summed E-state index contributed by atoms with van der Waals surface area (Å²) in [5, 5.41) is -5.70. The van der Waals surface area contributed by atoms with Crippen molar-refractivity contribution in [1.82, 2.24) is 0 Å². The van der Waals surface area contributed by atoms with E-state index in [9.17, 15) is 39.5 Å². The quantitative estimate of drug-likeness (QED) is 0.310. The molecule has 0 aromatic carbocycles. The number of alkyl halides is 9. The van der Waals surface area contributed by atoms with Crippen molar-refractivity contribution in [1.29, 1.82) is 0 Å². The normalized spacial score (nSPS) is 22.0. The monoisotopic (exact) mass is 338 g/mol. The van der Waals surface area contributed by atoms with Gasteiger partial charge in [-0.2, -0.15) is 22.0 Å². The first-order chi connectivity index (χ1) is 6.69. The molecule has 2 nitrogen and oxygen atoms in total. The molecule has 0 aliphatic heterocycles. The van der Waals surface area contributed by atoms with Crippen LogP contribution in [0.1, 0.15) is 0 Å². The fraction of sp³-hybridized carbons (Fsp3) is 1.00. The summed E-state index contributed by atoms with van der Waals surface area (Å²) >= 11 is 3.58. The first-order valence-electron chi connectivity index (χ1n) is 2.99. The molecule has 0 amide bonds. The molecule has 0 bridgehead atoms. The Hall–Kier alpha value is 1.20. The van der Waals surface area contributed by atoms with E-state index >= 15 is 0 Å². The predicted octanol–water partition coefficient (Wildman–Crippen LogP) is -0.166. The molecule has 0 aliphatic carbocycles. The number of rotatable bonds is 3. The fourth-order valence-electron chi connectivity index (χ4n) is 0.465. The second-order valence-electron chi connectivity index (χ2n) is 2.40. The Morgan fingerprint density at radius 1 is 0.941 bits per heavy atom. The fourth-order valence-corrected chi connectivity index (χ4v) is 1.22. The van der Waals surface area contributed by atoms with Gasteiger partial charge < -0.3 is 4.55 Å². The van der Waals surface area contributed by atoms with Gasteiger partial charge in [0.1, 0.15) is 0 Å². The topological polar surface area (TPSA) is 40.1 Å². The molecular weight excluding hydrogens is 339 g/mol. The van der Waals surface area contributed by atoms with Crippen LogP contribution in [0.2, 0.25) is 0 Å². The third-order valence-corrected chi connectivity index (χ3v) is 3.37. The molecule has 98 valence electrons. The molecule has 0 spiro atoms. The van der Waals surface area contributed by atoms with E-state index in [-0.39, 0.29) is 29.6 Å². The second-order valence-corrected chi connectivity index (χ2v) is 4.70. The Labute approximate surface area is 124 Å². The molecule has 0 rings (SSSR count). The number of hydrogen-bond donors (Lipinski definition) is 0. The van der Waals surface area contributed by atoms with E-state index in [1.54, 1.807) is 0 Å². The van der Waals surface area contributed by atoms with Gasteiger partial charge in [0.05, 0.1) is 0 Å². The van der Waals surface area contributed by atoms with Gasteiger partial charge in [-0.15, -0.1) is 0 Å². The van der Waals surface area contributed by atoms with Gasteiger partial charge in [-0.3, -0.25) is 4.21 Å². The van der Waals surface area contributed by atoms with E-state index in [1.807, 2.05) is 0 Å². The van der Waals surface area contributed by atoms with Gasteiger partial charge in [-0.1, -0.05) is 23.2 Å². The van der Waals surface area contributed by atoms with Crippen LogP contribution in [0.25, 0.3) is 0 Å². The molecular formula is C4Cl2F7NaO2S. The summed E-state index contributed by atoms with van der Waals surface area (Å²) in [6.07, 6.45) is -6.62. The van der Waals surface area contributed by atoms with E-state index in [4.69, 9.17) is 0 Å². The Balaban J connectivity index is 0. The Morgan fingerprint density at radius 3 is 1.41 bits per heavy atom. The van der Waals surface area contributed by atoms with Crippen molar-refractivity contribution >= 4 is 34.3 Å². The minimum atomic E-state index is -6.62. The zero-order valence-corrected chi connectivity index (χ0v) is 12.0. The molecule has 0 saturated heterocycles. The summed E-state index contributed by atoms with van der Waals surface area (Å²) in [6, 6.07) is 0. The Morgan fingerprint density at radius 2 is 1.24 bits per heavy atom. The van der Waals surface area contributed by atoms with Crippen molar-refractivity contribution in [2.24, 2.45) is 0 Å². The first-order valence-corrected chi connectivity index (χ1v) is 4.82. The number of hydrogen-bond acceptors (Lipinski definition) is 2. The first kappa shape index (κ1) is 20.5. The second kappa shape index (κ2) is 5.68. The van der Waals surface area contributed by atoms with Gasteiger partial charge in [0.15, 0.2) is 0 Å². The van der Waals surface area contributed by atoms with Crippen LogP contribution in [0.4, 0.5) is 30.7 Å². The minimum absolute atomic E-state index is 0. The van der Waals surface area contributed by atoms with Crippen LogP contribution in [-0.2, 0) is 11.1 Å². The third-order valence-electron chi connectivity index (χ3n) is 1.33. The maximum atomic E-state index is 12.8. The van der Waals surface area contributed by atoms with Gasteiger partial charge in [0, 0.05) is 11.1 Å². The van der Waals surface area contributed by atoms with Crippen LogP contribution in [0.5, 0.6) is 0 Å². The van der Waals surface area contributed by atoms with Crippen molar-refractivity contribution in [3.63, 3.8) is 0 Å². The molecule has 3 atom stereocenters. The maximum Gasteiger partial charge on any atom is 1.00 e. The van der Waals surface area contributed by atoms with E-state index in [2.05, 4.69) is 23.2 Å². The molecule has 0 aromatic heterocycles. The average Bonchev–Trinajstić information content (AvgIpc) is 2.00. The summed E-state index contributed by atoms with van der Waals surface area (Å²) in [6.45, 7) is 0. The average molecular weight is 339 g/mol. The van der Waals surface area contributed by atoms with Crippen LogP contribution < -0.4 is 29.6 Å². The smallest absolute Gasteiger partial charge is 0.769 e. The minimum Gasteiger partial charge on any atom is -0.769 e. The molecule has 0 radical (unpaired) electrons. The molecule has 0 aliphatic rings. The maximum absolute atomic E-state index is 12.8. The van der Waals surface area contributed by atoms with Crippen molar-refractivity contribution in [3.8, 4) is 0 Å². The SMILES string of the molecule is O=S([O-])C(F)(Cl)C(F)(Cl)C(F)(F)C(F)(F)F.[Na+]. The molecule has 13 heteroatoms.